The SMILES string of the molecule is CC(C)(C)OC(=O)Cn1cc(I)c(=O)[nH]c1=O. The van der Waals surface area contributed by atoms with E-state index in [-0.39, 0.29) is 6.54 Å². The average molecular weight is 352 g/mol. The first-order valence-corrected chi connectivity index (χ1v) is 5.98. The molecule has 0 spiro atoms. The maximum Gasteiger partial charge on any atom is 0.328 e. The molecule has 0 aliphatic heterocycles. The highest BCUT2D eigenvalue weighted by Gasteiger charge is 2.17. The van der Waals surface area contributed by atoms with Crippen LogP contribution in [0.3, 0.4) is 0 Å². The molecule has 0 saturated heterocycles. The van der Waals surface area contributed by atoms with Crippen molar-refractivity contribution in [1.29, 1.82) is 0 Å². The van der Waals surface area contributed by atoms with Crippen molar-refractivity contribution < 1.29 is 9.53 Å². The number of aromatic nitrogens is 2. The third-order valence-electron chi connectivity index (χ3n) is 1.69. The number of nitrogens with one attached hydrogen (secondary N) is 1. The highest BCUT2D eigenvalue weighted by molar-refractivity contribution is 14.1. The van der Waals surface area contributed by atoms with Crippen LogP contribution in [-0.2, 0) is 16.1 Å². The number of esters is 1. The lowest BCUT2D eigenvalue weighted by atomic mass is 10.2. The van der Waals surface area contributed by atoms with Crippen LogP contribution in [0.15, 0.2) is 15.8 Å². The molecular weight excluding hydrogens is 339 g/mol. The lowest BCUT2D eigenvalue weighted by molar-refractivity contribution is -0.155. The van der Waals surface area contributed by atoms with Crippen LogP contribution in [0.2, 0.25) is 0 Å². The molecule has 0 aliphatic carbocycles. The molecule has 0 bridgehead atoms. The summed E-state index contributed by atoms with van der Waals surface area (Å²) in [4.78, 5) is 36.1. The van der Waals surface area contributed by atoms with Crippen molar-refractivity contribution >= 4 is 28.6 Å². The second-order valence-corrected chi connectivity index (χ2v) is 5.61. The zero-order valence-corrected chi connectivity index (χ0v) is 11.9. The van der Waals surface area contributed by atoms with Gasteiger partial charge >= 0.3 is 11.7 Å². The lowest BCUT2D eigenvalue weighted by Gasteiger charge is -2.19. The second-order valence-electron chi connectivity index (χ2n) is 4.45. The van der Waals surface area contributed by atoms with Gasteiger partial charge in [0.1, 0.15) is 12.1 Å². The van der Waals surface area contributed by atoms with E-state index in [1.807, 2.05) is 0 Å². The molecule has 1 rings (SSSR count). The summed E-state index contributed by atoms with van der Waals surface area (Å²) in [6.45, 7) is 5.00. The molecule has 0 radical (unpaired) electrons. The van der Waals surface area contributed by atoms with Crippen LogP contribution in [-0.4, -0.2) is 21.1 Å². The molecule has 1 aromatic heterocycles. The number of hydrogen-bond acceptors (Lipinski definition) is 4. The Kier molecular flexibility index (Phi) is 4.12. The molecule has 7 heteroatoms. The van der Waals surface area contributed by atoms with E-state index in [9.17, 15) is 14.4 Å². The quantitative estimate of drug-likeness (QED) is 0.620. The third-order valence-corrected chi connectivity index (χ3v) is 2.46. The van der Waals surface area contributed by atoms with Gasteiger partial charge in [0.15, 0.2) is 0 Å². The van der Waals surface area contributed by atoms with Gasteiger partial charge in [-0.1, -0.05) is 0 Å². The number of nitrogens with zero attached hydrogens (tertiary/aromatic N) is 1. The summed E-state index contributed by atoms with van der Waals surface area (Å²) in [5, 5.41) is 0. The Morgan fingerprint density at radius 2 is 2.06 bits per heavy atom. The number of carbonyl (C=O) groups is 1. The molecular formula is C10H13IN2O4. The molecule has 0 aliphatic rings. The molecule has 1 N–H and O–H groups in total. The van der Waals surface area contributed by atoms with Crippen LogP contribution in [0.4, 0.5) is 0 Å². The molecule has 17 heavy (non-hydrogen) atoms. The first kappa shape index (κ1) is 13.9. The number of halogens is 1. The minimum atomic E-state index is -0.624. The zero-order chi connectivity index (χ0) is 13.2. The highest BCUT2D eigenvalue weighted by Crippen LogP contribution is 2.07. The summed E-state index contributed by atoms with van der Waals surface area (Å²) in [6.07, 6.45) is 1.33. The number of ether oxygens (including phenoxy) is 1. The topological polar surface area (TPSA) is 81.2 Å². The molecule has 94 valence electrons. The Labute approximate surface area is 111 Å². The summed E-state index contributed by atoms with van der Waals surface area (Å²) in [5.41, 5.74) is -1.69. The Morgan fingerprint density at radius 1 is 1.47 bits per heavy atom. The number of aromatic amines is 1. The van der Waals surface area contributed by atoms with Crippen LogP contribution < -0.4 is 11.2 Å². The number of hydrogen-bond donors (Lipinski definition) is 1. The van der Waals surface area contributed by atoms with Gasteiger partial charge in [-0.05, 0) is 43.4 Å². The average Bonchev–Trinajstić information content (AvgIpc) is 2.11. The first-order valence-electron chi connectivity index (χ1n) is 4.90. The van der Waals surface area contributed by atoms with Crippen LogP contribution >= 0.6 is 22.6 Å². The van der Waals surface area contributed by atoms with Gasteiger partial charge in [-0.3, -0.25) is 19.1 Å². The normalized spacial score (nSPS) is 11.3. The molecule has 0 saturated carbocycles. The lowest BCUT2D eigenvalue weighted by Crippen LogP contribution is -2.35. The van der Waals surface area contributed by atoms with Crippen molar-refractivity contribution in [3.05, 3.63) is 30.6 Å². The van der Waals surface area contributed by atoms with E-state index < -0.39 is 22.8 Å². The second kappa shape index (κ2) is 5.03. The highest BCUT2D eigenvalue weighted by atomic mass is 127. The van der Waals surface area contributed by atoms with Gasteiger partial charge in [0, 0.05) is 6.20 Å². The fourth-order valence-corrected chi connectivity index (χ4v) is 1.58. The summed E-state index contributed by atoms with van der Waals surface area (Å²) in [5.74, 6) is -0.526. The molecule has 0 atom stereocenters. The zero-order valence-electron chi connectivity index (χ0n) is 9.74. The predicted octanol–water partition coefficient (Wildman–Crippen LogP) is 0.483. The monoisotopic (exact) mass is 352 g/mol. The molecule has 1 aromatic rings. The van der Waals surface area contributed by atoms with E-state index in [0.29, 0.717) is 3.57 Å². The Balaban J connectivity index is 2.90. The minimum Gasteiger partial charge on any atom is -0.459 e. The van der Waals surface area contributed by atoms with Crippen molar-refractivity contribution in [2.24, 2.45) is 0 Å². The van der Waals surface area contributed by atoms with E-state index in [1.54, 1.807) is 43.4 Å². The summed E-state index contributed by atoms with van der Waals surface area (Å²) < 4.78 is 6.52. The summed E-state index contributed by atoms with van der Waals surface area (Å²) >= 11 is 1.79. The van der Waals surface area contributed by atoms with E-state index in [2.05, 4.69) is 4.98 Å². The summed E-state index contributed by atoms with van der Waals surface area (Å²) in [6, 6.07) is 0. The van der Waals surface area contributed by atoms with Crippen molar-refractivity contribution in [2.45, 2.75) is 32.9 Å². The molecule has 0 aromatic carbocycles. The molecule has 0 unspecified atom stereocenters. The molecule has 1 heterocycles. The van der Waals surface area contributed by atoms with Gasteiger partial charge in [-0.2, -0.15) is 0 Å². The Hall–Kier alpha value is -1.12. The van der Waals surface area contributed by atoms with Gasteiger partial charge in [-0.15, -0.1) is 0 Å². The van der Waals surface area contributed by atoms with E-state index in [4.69, 9.17) is 4.74 Å². The maximum absolute atomic E-state index is 11.5. The maximum atomic E-state index is 11.5. The fraction of sp³-hybridized carbons (Fsp3) is 0.500. The Morgan fingerprint density at radius 3 is 2.59 bits per heavy atom. The van der Waals surface area contributed by atoms with Crippen molar-refractivity contribution in [1.82, 2.24) is 9.55 Å². The number of H-pyrrole nitrogens is 1. The van der Waals surface area contributed by atoms with Crippen LogP contribution in [0, 0.1) is 3.57 Å². The van der Waals surface area contributed by atoms with Crippen LogP contribution in [0.1, 0.15) is 20.8 Å². The molecule has 6 nitrogen and oxygen atoms in total. The van der Waals surface area contributed by atoms with Gasteiger partial charge in [-0.25, -0.2) is 4.79 Å². The molecule has 0 amide bonds. The largest absolute Gasteiger partial charge is 0.459 e. The third kappa shape index (κ3) is 4.33. The van der Waals surface area contributed by atoms with Crippen molar-refractivity contribution in [3.8, 4) is 0 Å². The molecule has 0 fully saturated rings. The van der Waals surface area contributed by atoms with Gasteiger partial charge in [0.05, 0.1) is 3.57 Å². The number of carbonyl (C=O) groups excluding carboxylic acids is 1. The van der Waals surface area contributed by atoms with Crippen molar-refractivity contribution in [2.75, 3.05) is 0 Å². The van der Waals surface area contributed by atoms with E-state index in [1.165, 1.54) is 6.20 Å². The standard InChI is InChI=1S/C10H13IN2O4/c1-10(2,3)17-7(14)5-13-4-6(11)8(15)12-9(13)16/h4H,5H2,1-3H3,(H,12,15,16). The van der Waals surface area contributed by atoms with Crippen molar-refractivity contribution in [3.63, 3.8) is 0 Å². The summed E-state index contributed by atoms with van der Waals surface area (Å²) in [7, 11) is 0. The van der Waals surface area contributed by atoms with E-state index >= 15 is 0 Å². The smallest absolute Gasteiger partial charge is 0.328 e. The van der Waals surface area contributed by atoms with Gasteiger partial charge in [0.2, 0.25) is 0 Å². The fourth-order valence-electron chi connectivity index (χ4n) is 1.11. The van der Waals surface area contributed by atoms with Crippen LogP contribution in [0.25, 0.3) is 0 Å². The first-order chi connectivity index (χ1) is 7.69. The number of rotatable bonds is 2. The van der Waals surface area contributed by atoms with Crippen LogP contribution in [0.5, 0.6) is 0 Å². The van der Waals surface area contributed by atoms with Gasteiger partial charge in [0.25, 0.3) is 5.56 Å². The predicted molar refractivity (Wildman–Crippen MR) is 69.9 cm³/mol. The minimum absolute atomic E-state index is 0.219. The Bertz CT molecular complexity index is 538. The van der Waals surface area contributed by atoms with E-state index in [0.717, 1.165) is 4.57 Å². The van der Waals surface area contributed by atoms with Gasteiger partial charge < -0.3 is 4.74 Å².